The molecule has 0 aromatic carbocycles. The number of ether oxygens (including phenoxy) is 3. The first kappa shape index (κ1) is 60.4. The van der Waals surface area contributed by atoms with E-state index in [0.29, 0.717) is 19.3 Å². The average Bonchev–Trinajstić information content (AvgIpc) is 3.27. The molecule has 0 spiro atoms. The van der Waals surface area contributed by atoms with Crippen molar-refractivity contribution in [1.29, 1.82) is 0 Å². The van der Waals surface area contributed by atoms with Gasteiger partial charge in [0.15, 0.2) is 6.10 Å². The van der Waals surface area contributed by atoms with Crippen LogP contribution in [0.25, 0.3) is 0 Å². The van der Waals surface area contributed by atoms with Crippen LogP contribution < -0.4 is 0 Å². The molecule has 0 rings (SSSR count). The lowest BCUT2D eigenvalue weighted by Gasteiger charge is -2.18. The molecule has 0 aliphatic heterocycles. The summed E-state index contributed by atoms with van der Waals surface area (Å²) < 4.78 is 16.9. The van der Waals surface area contributed by atoms with Crippen molar-refractivity contribution in [1.82, 2.24) is 0 Å². The normalized spacial score (nSPS) is 11.9. The molecule has 0 radical (unpaired) electrons. The largest absolute Gasteiger partial charge is 0.462 e. The molecule has 0 aliphatic carbocycles. The highest BCUT2D eigenvalue weighted by Gasteiger charge is 2.19. The summed E-state index contributed by atoms with van der Waals surface area (Å²) in [5.74, 6) is -0.834. The molecule has 6 nitrogen and oxygen atoms in total. The first-order chi connectivity index (χ1) is 30.5. The molecule has 0 aromatic heterocycles. The smallest absolute Gasteiger partial charge is 0.306 e. The summed E-state index contributed by atoms with van der Waals surface area (Å²) in [6, 6.07) is 0. The number of unbranched alkanes of at least 4 members (excludes halogenated alkanes) is 41. The maximum atomic E-state index is 12.8. The van der Waals surface area contributed by atoms with E-state index in [9.17, 15) is 14.4 Å². The van der Waals surface area contributed by atoms with E-state index in [-0.39, 0.29) is 31.1 Å². The lowest BCUT2D eigenvalue weighted by atomic mass is 10.0. The number of hydrogen-bond donors (Lipinski definition) is 0. The highest BCUT2D eigenvalue weighted by Crippen LogP contribution is 2.17. The zero-order valence-corrected chi connectivity index (χ0v) is 42.2. The molecule has 62 heavy (non-hydrogen) atoms. The molecule has 1 atom stereocenters. The number of carbonyl (C=O) groups is 3. The quantitative estimate of drug-likeness (QED) is 0.0344. The molecule has 368 valence electrons. The molecule has 6 heteroatoms. The van der Waals surface area contributed by atoms with Crippen LogP contribution in [0.1, 0.15) is 323 Å². The molecule has 0 aromatic rings. The molecule has 0 bridgehead atoms. The van der Waals surface area contributed by atoms with E-state index >= 15 is 0 Å². The highest BCUT2D eigenvalue weighted by atomic mass is 16.6. The number of rotatable bonds is 52. The molecule has 0 saturated heterocycles. The fourth-order valence-corrected chi connectivity index (χ4v) is 8.62. The second-order valence-corrected chi connectivity index (χ2v) is 19.2. The monoisotopic (exact) mass is 877 g/mol. The van der Waals surface area contributed by atoms with Crippen molar-refractivity contribution in [3.8, 4) is 0 Å². The number of carbonyl (C=O) groups excluding carboxylic acids is 3. The molecule has 0 heterocycles. The Morgan fingerprint density at radius 2 is 0.435 bits per heavy atom. The van der Waals surface area contributed by atoms with Gasteiger partial charge >= 0.3 is 17.9 Å². The average molecular weight is 877 g/mol. The second kappa shape index (κ2) is 52.0. The predicted molar refractivity (Wildman–Crippen MR) is 266 cm³/mol. The standard InChI is InChI=1S/C56H108O6/c1-4-7-10-13-16-19-22-25-27-28-29-32-34-37-40-43-46-49-55(58)61-52-53(62-56(59)50-47-44-41-38-35-30-24-21-18-15-12-9-6-3)51-60-54(57)48-45-42-39-36-33-31-26-23-20-17-14-11-8-5-2/h53H,4-52H2,1-3H3/t53-/m0/s1. The fourth-order valence-electron chi connectivity index (χ4n) is 8.62. The topological polar surface area (TPSA) is 78.9 Å². The molecular weight excluding hydrogens is 769 g/mol. The van der Waals surface area contributed by atoms with Crippen LogP contribution in [-0.4, -0.2) is 37.2 Å². The Hall–Kier alpha value is -1.59. The van der Waals surface area contributed by atoms with Crippen molar-refractivity contribution >= 4 is 17.9 Å². The van der Waals surface area contributed by atoms with Gasteiger partial charge in [0.25, 0.3) is 0 Å². The summed E-state index contributed by atoms with van der Waals surface area (Å²) >= 11 is 0. The summed E-state index contributed by atoms with van der Waals surface area (Å²) in [5.41, 5.74) is 0. The Morgan fingerprint density at radius 1 is 0.258 bits per heavy atom. The van der Waals surface area contributed by atoms with Crippen molar-refractivity contribution in [2.75, 3.05) is 13.2 Å². The van der Waals surface area contributed by atoms with Gasteiger partial charge in [-0.1, -0.05) is 284 Å². The maximum absolute atomic E-state index is 12.8. The van der Waals surface area contributed by atoms with Crippen LogP contribution in [0.4, 0.5) is 0 Å². The van der Waals surface area contributed by atoms with Gasteiger partial charge < -0.3 is 14.2 Å². The van der Waals surface area contributed by atoms with Gasteiger partial charge in [-0.15, -0.1) is 0 Å². The summed E-state index contributed by atoms with van der Waals surface area (Å²) in [6.07, 6.45) is 56.6. The molecule has 0 aliphatic rings. The van der Waals surface area contributed by atoms with E-state index in [1.165, 1.54) is 225 Å². The molecular formula is C56H108O6. The molecule has 0 saturated carbocycles. The van der Waals surface area contributed by atoms with E-state index in [4.69, 9.17) is 14.2 Å². The summed E-state index contributed by atoms with van der Waals surface area (Å²) in [6.45, 7) is 6.70. The van der Waals surface area contributed by atoms with Gasteiger partial charge in [0.1, 0.15) is 13.2 Å². The first-order valence-corrected chi connectivity index (χ1v) is 28.0. The van der Waals surface area contributed by atoms with Gasteiger partial charge in [-0.25, -0.2) is 0 Å². The lowest BCUT2D eigenvalue weighted by molar-refractivity contribution is -0.167. The van der Waals surface area contributed by atoms with Crippen LogP contribution in [0.15, 0.2) is 0 Å². The van der Waals surface area contributed by atoms with E-state index < -0.39 is 6.10 Å². The first-order valence-electron chi connectivity index (χ1n) is 28.0. The van der Waals surface area contributed by atoms with Crippen LogP contribution in [0.5, 0.6) is 0 Å². The summed E-state index contributed by atoms with van der Waals surface area (Å²) in [7, 11) is 0. The van der Waals surface area contributed by atoms with Crippen molar-refractivity contribution in [3.63, 3.8) is 0 Å². The summed E-state index contributed by atoms with van der Waals surface area (Å²) in [4.78, 5) is 38.0. The van der Waals surface area contributed by atoms with Gasteiger partial charge in [0, 0.05) is 19.3 Å². The zero-order valence-electron chi connectivity index (χ0n) is 42.2. The minimum absolute atomic E-state index is 0.0612. The van der Waals surface area contributed by atoms with E-state index in [0.717, 1.165) is 57.8 Å². The Labute approximate surface area is 387 Å². The van der Waals surface area contributed by atoms with E-state index in [1.807, 2.05) is 0 Å². The Balaban J connectivity index is 4.28. The molecule has 0 fully saturated rings. The molecule has 0 N–H and O–H groups in total. The lowest BCUT2D eigenvalue weighted by Crippen LogP contribution is -2.30. The van der Waals surface area contributed by atoms with Crippen molar-refractivity contribution in [2.45, 2.75) is 329 Å². The molecule has 0 amide bonds. The number of hydrogen-bond acceptors (Lipinski definition) is 6. The summed E-state index contributed by atoms with van der Waals surface area (Å²) in [5, 5.41) is 0. The fraction of sp³-hybridized carbons (Fsp3) is 0.946. The van der Waals surface area contributed by atoms with Crippen molar-refractivity contribution in [3.05, 3.63) is 0 Å². The predicted octanol–water partition coefficient (Wildman–Crippen LogP) is 18.4. The Kier molecular flexibility index (Phi) is 50.7. The van der Waals surface area contributed by atoms with E-state index in [1.54, 1.807) is 0 Å². The second-order valence-electron chi connectivity index (χ2n) is 19.2. The van der Waals surface area contributed by atoms with Crippen LogP contribution >= 0.6 is 0 Å². The minimum Gasteiger partial charge on any atom is -0.462 e. The van der Waals surface area contributed by atoms with E-state index in [2.05, 4.69) is 20.8 Å². The van der Waals surface area contributed by atoms with Gasteiger partial charge in [-0.2, -0.15) is 0 Å². The van der Waals surface area contributed by atoms with Crippen LogP contribution in [0.2, 0.25) is 0 Å². The molecule has 0 unspecified atom stereocenters. The van der Waals surface area contributed by atoms with Crippen molar-refractivity contribution in [2.24, 2.45) is 0 Å². The van der Waals surface area contributed by atoms with Crippen molar-refractivity contribution < 1.29 is 28.6 Å². The number of esters is 3. The minimum atomic E-state index is -0.760. The third kappa shape index (κ3) is 49.4. The van der Waals surface area contributed by atoms with Gasteiger partial charge in [0.2, 0.25) is 0 Å². The maximum Gasteiger partial charge on any atom is 0.306 e. The Bertz CT molecular complexity index is 920. The highest BCUT2D eigenvalue weighted by molar-refractivity contribution is 5.71. The van der Waals surface area contributed by atoms with Gasteiger partial charge in [-0.05, 0) is 19.3 Å². The third-order valence-electron chi connectivity index (χ3n) is 12.9. The van der Waals surface area contributed by atoms with Crippen LogP contribution in [-0.2, 0) is 28.6 Å². The van der Waals surface area contributed by atoms with Gasteiger partial charge in [0.05, 0.1) is 0 Å². The SMILES string of the molecule is CCCCCCCCCCCCCCCCCCCC(=O)OC[C@H](COC(=O)CCCCCCCCCCCCCCCC)OC(=O)CCCCCCCCCCCCCCC. The van der Waals surface area contributed by atoms with Crippen LogP contribution in [0.3, 0.4) is 0 Å². The third-order valence-corrected chi connectivity index (χ3v) is 12.9. The van der Waals surface area contributed by atoms with Crippen LogP contribution in [0, 0.1) is 0 Å². The van der Waals surface area contributed by atoms with Gasteiger partial charge in [-0.3, -0.25) is 14.4 Å². The Morgan fingerprint density at radius 3 is 0.645 bits per heavy atom. The zero-order chi connectivity index (χ0) is 45.1.